The van der Waals surface area contributed by atoms with Crippen LogP contribution in [0.2, 0.25) is 0 Å². The summed E-state index contributed by atoms with van der Waals surface area (Å²) in [5, 5.41) is 0. The molecule has 9 nitrogen and oxygen atoms in total. The number of phosphoric ester groups is 1. The largest absolute Gasteiger partial charge is 0.472 e. The lowest BCUT2D eigenvalue weighted by molar-refractivity contribution is -0.161. The van der Waals surface area contributed by atoms with Crippen molar-refractivity contribution >= 4 is 19.8 Å². The van der Waals surface area contributed by atoms with Gasteiger partial charge in [-0.1, -0.05) is 202 Å². The van der Waals surface area contributed by atoms with Gasteiger partial charge < -0.3 is 20.1 Å². The minimum atomic E-state index is -4.39. The zero-order valence-electron chi connectivity index (χ0n) is 38.9. The molecular formula is C51H90NO8P. The maximum absolute atomic E-state index is 12.6. The fourth-order valence-electron chi connectivity index (χ4n) is 6.52. The smallest absolute Gasteiger partial charge is 0.462 e. The van der Waals surface area contributed by atoms with Crippen LogP contribution in [0.1, 0.15) is 206 Å². The van der Waals surface area contributed by atoms with E-state index in [1.54, 1.807) is 0 Å². The van der Waals surface area contributed by atoms with Gasteiger partial charge in [0.1, 0.15) is 6.61 Å². The Bertz CT molecular complexity index is 1230. The van der Waals surface area contributed by atoms with Crippen LogP contribution < -0.4 is 5.73 Å². The first-order chi connectivity index (χ1) is 29.8. The van der Waals surface area contributed by atoms with Gasteiger partial charge in [-0.3, -0.25) is 18.6 Å². The standard InChI is InChI=1S/C51H90NO8P/c1-3-5-7-9-11-13-15-17-19-20-21-22-23-24-25-26-27-28-30-32-34-36-38-40-42-44-51(54)60-49(48-59-61(55,56)58-46-45-52)47-57-50(53)43-41-39-37-35-33-31-29-18-16-14-12-10-8-6-4-2/h5,7,11,13,17,19,21-22,24-25,27-28,49H,3-4,6,8-10,12,14-16,18,20,23,26,29-48,52H2,1-2H3,(H,55,56)/b7-5-,13-11-,19-17-,22-21-,25-24-,28-27-. The van der Waals surface area contributed by atoms with Crippen LogP contribution >= 0.6 is 7.82 Å². The van der Waals surface area contributed by atoms with Gasteiger partial charge in [0.2, 0.25) is 0 Å². The highest BCUT2D eigenvalue weighted by Gasteiger charge is 2.26. The molecule has 0 fully saturated rings. The second kappa shape index (κ2) is 46.9. The van der Waals surface area contributed by atoms with E-state index in [1.165, 1.54) is 77.0 Å². The predicted molar refractivity (Wildman–Crippen MR) is 256 cm³/mol. The fraction of sp³-hybridized carbons (Fsp3) is 0.725. The quantitative estimate of drug-likeness (QED) is 0.0265. The van der Waals surface area contributed by atoms with Gasteiger partial charge in [-0.2, -0.15) is 0 Å². The monoisotopic (exact) mass is 876 g/mol. The van der Waals surface area contributed by atoms with E-state index < -0.39 is 26.5 Å². The number of rotatable bonds is 45. The summed E-state index contributed by atoms with van der Waals surface area (Å²) < 4.78 is 32.9. The molecule has 10 heteroatoms. The van der Waals surface area contributed by atoms with Gasteiger partial charge in [-0.05, 0) is 64.2 Å². The van der Waals surface area contributed by atoms with Crippen molar-refractivity contribution in [2.75, 3.05) is 26.4 Å². The van der Waals surface area contributed by atoms with E-state index in [0.29, 0.717) is 6.42 Å². The van der Waals surface area contributed by atoms with Crippen molar-refractivity contribution in [1.82, 2.24) is 0 Å². The molecule has 352 valence electrons. The number of carbonyl (C=O) groups excluding carboxylic acids is 2. The summed E-state index contributed by atoms with van der Waals surface area (Å²) >= 11 is 0. The van der Waals surface area contributed by atoms with Crippen LogP contribution in [0, 0.1) is 0 Å². The number of hydrogen-bond donors (Lipinski definition) is 2. The molecule has 2 atom stereocenters. The van der Waals surface area contributed by atoms with Crippen molar-refractivity contribution in [3.63, 3.8) is 0 Å². The number of unbranched alkanes of at least 4 members (excludes halogenated alkanes) is 20. The van der Waals surface area contributed by atoms with Crippen molar-refractivity contribution in [2.45, 2.75) is 213 Å². The van der Waals surface area contributed by atoms with Crippen LogP contribution in [-0.4, -0.2) is 49.3 Å². The molecule has 2 unspecified atom stereocenters. The summed E-state index contributed by atoms with van der Waals surface area (Å²) in [4.78, 5) is 35.0. The average Bonchev–Trinajstić information content (AvgIpc) is 3.25. The molecule has 0 aliphatic carbocycles. The highest BCUT2D eigenvalue weighted by atomic mass is 31.2. The molecule has 0 amide bonds. The van der Waals surface area contributed by atoms with Crippen LogP contribution in [0.25, 0.3) is 0 Å². The normalized spacial score (nSPS) is 13.8. The minimum Gasteiger partial charge on any atom is -0.462 e. The maximum Gasteiger partial charge on any atom is 0.472 e. The molecule has 0 rings (SSSR count). The molecule has 0 bridgehead atoms. The zero-order chi connectivity index (χ0) is 44.6. The van der Waals surface area contributed by atoms with Crippen molar-refractivity contribution in [3.8, 4) is 0 Å². The van der Waals surface area contributed by atoms with Gasteiger partial charge in [0, 0.05) is 19.4 Å². The third-order valence-corrected chi connectivity index (χ3v) is 11.1. The van der Waals surface area contributed by atoms with E-state index in [1.807, 2.05) is 0 Å². The van der Waals surface area contributed by atoms with Crippen molar-refractivity contribution in [1.29, 1.82) is 0 Å². The lowest BCUT2D eigenvalue weighted by atomic mass is 10.0. The summed E-state index contributed by atoms with van der Waals surface area (Å²) in [6, 6.07) is 0. The van der Waals surface area contributed by atoms with Gasteiger partial charge in [0.25, 0.3) is 0 Å². The Balaban J connectivity index is 4.12. The maximum atomic E-state index is 12.6. The fourth-order valence-corrected chi connectivity index (χ4v) is 7.29. The molecule has 0 aromatic heterocycles. The number of carbonyl (C=O) groups is 2. The number of ether oxygens (including phenoxy) is 2. The Morgan fingerprint density at radius 1 is 0.508 bits per heavy atom. The molecule has 0 saturated heterocycles. The SMILES string of the molecule is CC/C=C\C/C=C\C/C=C\C/C=C\C/C=C\C/C=C\CCCCCCCCC(=O)OC(COC(=O)CCCCCCCCCCCCCCCCC)COP(=O)(O)OCCN. The first kappa shape index (κ1) is 58.5. The first-order valence-corrected chi connectivity index (χ1v) is 25.9. The summed E-state index contributed by atoms with van der Waals surface area (Å²) in [5.74, 6) is -0.844. The number of phosphoric acid groups is 1. The lowest BCUT2D eigenvalue weighted by Gasteiger charge is -2.19. The van der Waals surface area contributed by atoms with E-state index in [4.69, 9.17) is 24.3 Å². The summed E-state index contributed by atoms with van der Waals surface area (Å²) in [5.41, 5.74) is 5.36. The molecule has 0 aliphatic rings. The second-order valence-electron chi connectivity index (χ2n) is 16.0. The van der Waals surface area contributed by atoms with E-state index in [2.05, 4.69) is 86.8 Å². The van der Waals surface area contributed by atoms with E-state index in [-0.39, 0.29) is 38.6 Å². The summed E-state index contributed by atoms with van der Waals surface area (Å²) in [6.45, 7) is 3.61. The van der Waals surface area contributed by atoms with Gasteiger partial charge in [0.05, 0.1) is 13.2 Å². The minimum absolute atomic E-state index is 0.0483. The highest BCUT2D eigenvalue weighted by molar-refractivity contribution is 7.47. The number of hydrogen-bond acceptors (Lipinski definition) is 8. The second-order valence-corrected chi connectivity index (χ2v) is 17.4. The number of nitrogens with two attached hydrogens (primary N) is 1. The molecule has 0 saturated carbocycles. The Morgan fingerprint density at radius 3 is 1.34 bits per heavy atom. The van der Waals surface area contributed by atoms with E-state index >= 15 is 0 Å². The van der Waals surface area contributed by atoms with Gasteiger partial charge >= 0.3 is 19.8 Å². The number of allylic oxidation sites excluding steroid dienone is 12. The van der Waals surface area contributed by atoms with E-state index in [0.717, 1.165) is 96.3 Å². The molecule has 0 spiro atoms. The Labute approximate surface area is 373 Å². The van der Waals surface area contributed by atoms with E-state index in [9.17, 15) is 19.0 Å². The Morgan fingerprint density at radius 2 is 0.902 bits per heavy atom. The van der Waals surface area contributed by atoms with Crippen LogP contribution in [0.3, 0.4) is 0 Å². The molecule has 0 aromatic carbocycles. The van der Waals surface area contributed by atoms with Gasteiger partial charge in [0.15, 0.2) is 6.10 Å². The lowest BCUT2D eigenvalue weighted by Crippen LogP contribution is -2.29. The van der Waals surface area contributed by atoms with Gasteiger partial charge in [-0.15, -0.1) is 0 Å². The average molecular weight is 876 g/mol. The molecule has 3 N–H and O–H groups in total. The van der Waals surface area contributed by atoms with Crippen molar-refractivity contribution in [2.24, 2.45) is 5.73 Å². The van der Waals surface area contributed by atoms with Crippen molar-refractivity contribution < 1.29 is 37.6 Å². The third-order valence-electron chi connectivity index (χ3n) is 10.1. The topological polar surface area (TPSA) is 134 Å². The molecular weight excluding hydrogens is 786 g/mol. The third kappa shape index (κ3) is 46.8. The van der Waals surface area contributed by atoms with Gasteiger partial charge in [-0.25, -0.2) is 4.57 Å². The predicted octanol–water partition coefficient (Wildman–Crippen LogP) is 14.6. The zero-order valence-corrected chi connectivity index (χ0v) is 39.8. The van der Waals surface area contributed by atoms with Crippen LogP contribution in [0.5, 0.6) is 0 Å². The Kier molecular flexibility index (Phi) is 45.0. The van der Waals surface area contributed by atoms with Crippen LogP contribution in [0.15, 0.2) is 72.9 Å². The molecule has 0 radical (unpaired) electrons. The highest BCUT2D eigenvalue weighted by Crippen LogP contribution is 2.43. The number of esters is 2. The van der Waals surface area contributed by atoms with Crippen LogP contribution in [0.4, 0.5) is 0 Å². The molecule has 0 heterocycles. The van der Waals surface area contributed by atoms with Crippen LogP contribution in [-0.2, 0) is 32.7 Å². The first-order valence-electron chi connectivity index (χ1n) is 24.4. The summed E-state index contributed by atoms with van der Waals surface area (Å²) in [6.07, 6.45) is 57.9. The van der Waals surface area contributed by atoms with Crippen molar-refractivity contribution in [3.05, 3.63) is 72.9 Å². The Hall–Kier alpha value is -2.55. The molecule has 0 aliphatic heterocycles. The molecule has 61 heavy (non-hydrogen) atoms. The summed E-state index contributed by atoms with van der Waals surface area (Å²) in [7, 11) is -4.39. The molecule has 0 aromatic rings.